The number of fused-ring (bicyclic) bond motifs is 1. The average molecular weight is 494 g/mol. The summed E-state index contributed by atoms with van der Waals surface area (Å²) in [6.45, 7) is 6.79. The summed E-state index contributed by atoms with van der Waals surface area (Å²) in [7, 11) is 0. The van der Waals surface area contributed by atoms with Crippen molar-refractivity contribution in [1.82, 2.24) is 0 Å². The Labute approximate surface area is 206 Å². The normalized spacial score (nSPS) is 22.1. The van der Waals surface area contributed by atoms with Crippen LogP contribution < -0.4 is 9.47 Å². The minimum Gasteiger partial charge on any atom is -0.453 e. The molecule has 36 heavy (non-hydrogen) atoms. The minimum absolute atomic E-state index is 0.0769. The van der Waals surface area contributed by atoms with E-state index in [-0.39, 0.29) is 35.8 Å². The highest BCUT2D eigenvalue weighted by Crippen LogP contribution is 2.31. The third-order valence-corrected chi connectivity index (χ3v) is 5.43. The number of hydrogen-bond acceptors (Lipinski definition) is 10. The highest BCUT2D eigenvalue weighted by molar-refractivity contribution is 5.90. The van der Waals surface area contributed by atoms with Crippen molar-refractivity contribution in [3.8, 4) is 11.5 Å². The standard InChI is InChI=1S/C26H22O10/c1-3-21(27)33-17-9-5-15(6-10-17)25(29)35-19-13-31-24-20(14-32-23(19)24)36-26(30)16-7-11-18(12-8-16)34-22(28)4-2/h3-12,19-20,23-24H,1-2,13-14H2/t19-,20?,23?,24?/m0/s1. The Kier molecular flexibility index (Phi) is 7.57. The van der Waals surface area contributed by atoms with Crippen molar-refractivity contribution in [2.24, 2.45) is 0 Å². The van der Waals surface area contributed by atoms with Gasteiger partial charge in [0.25, 0.3) is 0 Å². The van der Waals surface area contributed by atoms with Gasteiger partial charge in [-0.05, 0) is 48.5 Å². The molecule has 0 aromatic heterocycles. The molecule has 0 saturated carbocycles. The Hall–Kier alpha value is -4.28. The molecule has 10 heteroatoms. The first-order valence-electron chi connectivity index (χ1n) is 10.9. The molecular formula is C26H22O10. The lowest BCUT2D eigenvalue weighted by Gasteiger charge is -2.17. The summed E-state index contributed by atoms with van der Waals surface area (Å²) in [5.41, 5.74) is 0.500. The van der Waals surface area contributed by atoms with Gasteiger partial charge in [-0.25, -0.2) is 19.2 Å². The second kappa shape index (κ2) is 11.0. The SMILES string of the molecule is C=CC(=O)Oc1ccc(C(=O)OC2COC3C2OC[C@@H]3OC(=O)c2ccc(OC(=O)C=C)cc2)cc1. The van der Waals surface area contributed by atoms with Crippen LogP contribution in [0.4, 0.5) is 0 Å². The summed E-state index contributed by atoms with van der Waals surface area (Å²) < 4.78 is 32.5. The number of carbonyl (C=O) groups excluding carboxylic acids is 4. The Bertz CT molecular complexity index is 1070. The number of ether oxygens (including phenoxy) is 6. The molecule has 0 amide bonds. The van der Waals surface area contributed by atoms with Gasteiger partial charge in [-0.1, -0.05) is 13.2 Å². The minimum atomic E-state index is -0.691. The van der Waals surface area contributed by atoms with Crippen molar-refractivity contribution in [1.29, 1.82) is 0 Å². The molecule has 10 nitrogen and oxygen atoms in total. The Morgan fingerprint density at radius 1 is 0.667 bits per heavy atom. The van der Waals surface area contributed by atoms with Crippen molar-refractivity contribution in [3.05, 3.63) is 85.0 Å². The first-order valence-corrected chi connectivity index (χ1v) is 10.9. The van der Waals surface area contributed by atoms with Gasteiger partial charge in [-0.3, -0.25) is 0 Å². The topological polar surface area (TPSA) is 124 Å². The third-order valence-electron chi connectivity index (χ3n) is 5.43. The molecule has 186 valence electrons. The van der Waals surface area contributed by atoms with E-state index in [0.29, 0.717) is 0 Å². The second-order valence-corrected chi connectivity index (χ2v) is 7.78. The van der Waals surface area contributed by atoms with Crippen LogP contribution in [-0.4, -0.2) is 61.5 Å². The average Bonchev–Trinajstić information content (AvgIpc) is 3.47. The van der Waals surface area contributed by atoms with Crippen molar-refractivity contribution in [3.63, 3.8) is 0 Å². The van der Waals surface area contributed by atoms with E-state index >= 15 is 0 Å². The molecule has 2 aromatic carbocycles. The molecule has 4 atom stereocenters. The zero-order chi connectivity index (χ0) is 25.7. The van der Waals surface area contributed by atoms with Crippen molar-refractivity contribution >= 4 is 23.9 Å². The zero-order valence-electron chi connectivity index (χ0n) is 19.0. The molecule has 2 aliphatic heterocycles. The lowest BCUT2D eigenvalue weighted by Crippen LogP contribution is -2.36. The first kappa shape index (κ1) is 24.8. The van der Waals surface area contributed by atoms with E-state index in [1.807, 2.05) is 0 Å². The molecular weight excluding hydrogens is 472 g/mol. The number of hydrogen-bond donors (Lipinski definition) is 0. The molecule has 2 fully saturated rings. The summed E-state index contributed by atoms with van der Waals surface area (Å²) in [6.07, 6.45) is -0.513. The monoisotopic (exact) mass is 494 g/mol. The van der Waals surface area contributed by atoms with Gasteiger partial charge in [0.2, 0.25) is 0 Å². The molecule has 2 heterocycles. The zero-order valence-corrected chi connectivity index (χ0v) is 19.0. The van der Waals surface area contributed by atoms with E-state index in [9.17, 15) is 19.2 Å². The quantitative estimate of drug-likeness (QED) is 0.307. The molecule has 2 saturated heterocycles. The summed E-state index contributed by atoms with van der Waals surface area (Å²) in [5.74, 6) is -1.91. The van der Waals surface area contributed by atoms with Gasteiger partial charge in [-0.15, -0.1) is 0 Å². The van der Waals surface area contributed by atoms with Gasteiger partial charge in [0.15, 0.2) is 12.2 Å². The van der Waals surface area contributed by atoms with Gasteiger partial charge in [0.05, 0.1) is 24.3 Å². The Morgan fingerprint density at radius 2 is 1.03 bits per heavy atom. The molecule has 2 aromatic rings. The van der Waals surface area contributed by atoms with Crippen LogP contribution in [0.3, 0.4) is 0 Å². The molecule has 4 rings (SSSR count). The summed E-state index contributed by atoms with van der Waals surface area (Å²) in [4.78, 5) is 47.6. The molecule has 0 spiro atoms. The van der Waals surface area contributed by atoms with Crippen LogP contribution in [0.5, 0.6) is 11.5 Å². The maximum absolute atomic E-state index is 12.6. The van der Waals surface area contributed by atoms with E-state index in [0.717, 1.165) is 12.2 Å². The van der Waals surface area contributed by atoms with Crippen molar-refractivity contribution < 1.29 is 47.6 Å². The Balaban J connectivity index is 1.30. The molecule has 2 aliphatic rings. The molecule has 0 radical (unpaired) electrons. The fourth-order valence-electron chi connectivity index (χ4n) is 3.68. The highest BCUT2D eigenvalue weighted by Gasteiger charge is 2.51. The number of benzene rings is 2. The smallest absolute Gasteiger partial charge is 0.338 e. The van der Waals surface area contributed by atoms with Crippen LogP contribution in [0.25, 0.3) is 0 Å². The molecule has 0 bridgehead atoms. The van der Waals surface area contributed by atoms with E-state index in [4.69, 9.17) is 28.4 Å². The molecule has 0 aliphatic carbocycles. The maximum Gasteiger partial charge on any atom is 0.338 e. The van der Waals surface area contributed by atoms with E-state index in [1.54, 1.807) is 0 Å². The largest absolute Gasteiger partial charge is 0.453 e. The first-order chi connectivity index (χ1) is 17.4. The summed E-state index contributed by atoms with van der Waals surface area (Å²) in [5, 5.41) is 0. The van der Waals surface area contributed by atoms with E-state index < -0.39 is 48.3 Å². The van der Waals surface area contributed by atoms with Gasteiger partial charge < -0.3 is 28.4 Å². The summed E-state index contributed by atoms with van der Waals surface area (Å²) in [6, 6.07) is 11.7. The van der Waals surface area contributed by atoms with Gasteiger partial charge >= 0.3 is 23.9 Å². The van der Waals surface area contributed by atoms with Crippen LogP contribution in [0.2, 0.25) is 0 Å². The lowest BCUT2D eigenvalue weighted by atomic mass is 10.1. The van der Waals surface area contributed by atoms with Gasteiger partial charge in [0.1, 0.15) is 23.7 Å². The van der Waals surface area contributed by atoms with Crippen LogP contribution in [0, 0.1) is 0 Å². The van der Waals surface area contributed by atoms with Crippen LogP contribution in [0.15, 0.2) is 73.8 Å². The predicted molar refractivity (Wildman–Crippen MR) is 122 cm³/mol. The highest BCUT2D eigenvalue weighted by atomic mass is 16.7. The molecule has 3 unspecified atom stereocenters. The molecule has 0 N–H and O–H groups in total. The van der Waals surface area contributed by atoms with Crippen molar-refractivity contribution in [2.75, 3.05) is 13.2 Å². The number of carbonyl (C=O) groups is 4. The maximum atomic E-state index is 12.6. The van der Waals surface area contributed by atoms with E-state index in [2.05, 4.69) is 13.2 Å². The summed E-state index contributed by atoms with van der Waals surface area (Å²) >= 11 is 0. The number of esters is 4. The predicted octanol–water partition coefficient (Wildman–Crippen LogP) is 2.42. The van der Waals surface area contributed by atoms with Crippen LogP contribution in [0.1, 0.15) is 20.7 Å². The number of rotatable bonds is 8. The van der Waals surface area contributed by atoms with Crippen LogP contribution in [-0.2, 0) is 28.5 Å². The fraction of sp³-hybridized carbons (Fsp3) is 0.231. The van der Waals surface area contributed by atoms with E-state index in [1.165, 1.54) is 48.5 Å². The fourth-order valence-corrected chi connectivity index (χ4v) is 3.68. The van der Waals surface area contributed by atoms with Gasteiger partial charge in [-0.2, -0.15) is 0 Å². The second-order valence-electron chi connectivity index (χ2n) is 7.78. The van der Waals surface area contributed by atoms with Gasteiger partial charge in [0, 0.05) is 12.2 Å². The third kappa shape index (κ3) is 5.68. The Morgan fingerprint density at radius 3 is 1.36 bits per heavy atom. The van der Waals surface area contributed by atoms with Crippen molar-refractivity contribution in [2.45, 2.75) is 24.4 Å². The lowest BCUT2D eigenvalue weighted by molar-refractivity contribution is -0.129. The van der Waals surface area contributed by atoms with Crippen LogP contribution >= 0.6 is 0 Å².